The van der Waals surface area contributed by atoms with E-state index in [0.717, 1.165) is 19.4 Å². The van der Waals surface area contributed by atoms with Gasteiger partial charge < -0.3 is 4.90 Å². The second-order valence-electron chi connectivity index (χ2n) is 5.20. The number of nitrogens with zero attached hydrogens (tertiary/aromatic N) is 1. The lowest BCUT2D eigenvalue weighted by Gasteiger charge is -2.31. The molecule has 20 heavy (non-hydrogen) atoms. The van der Waals surface area contributed by atoms with Gasteiger partial charge in [-0.25, -0.2) is 0 Å². The van der Waals surface area contributed by atoms with Crippen LogP contribution < -0.4 is 4.90 Å². The summed E-state index contributed by atoms with van der Waals surface area (Å²) in [6.07, 6.45) is 0.207. The molecule has 0 saturated heterocycles. The molecule has 0 aliphatic heterocycles. The molecule has 1 aromatic rings. The Morgan fingerprint density at radius 1 is 1.25 bits per heavy atom. The molecule has 2 rings (SSSR count). The zero-order chi connectivity index (χ0) is 14.8. The van der Waals surface area contributed by atoms with Crippen molar-refractivity contribution in [2.45, 2.75) is 50.2 Å². The minimum Gasteiger partial charge on any atom is -0.369 e. The lowest BCUT2D eigenvalue weighted by atomic mass is 10.1. The molecule has 1 aliphatic rings. The van der Waals surface area contributed by atoms with Crippen LogP contribution in [0.4, 0.5) is 18.9 Å². The summed E-state index contributed by atoms with van der Waals surface area (Å²) in [7, 11) is 0. The Balaban J connectivity index is 2.36. The van der Waals surface area contributed by atoms with Crippen molar-refractivity contribution in [1.82, 2.24) is 0 Å². The van der Waals surface area contributed by atoms with E-state index in [1.165, 1.54) is 18.9 Å². The van der Waals surface area contributed by atoms with Gasteiger partial charge in [-0.2, -0.15) is 13.2 Å². The highest BCUT2D eigenvalue weighted by Gasteiger charge is 2.34. The Kier molecular flexibility index (Phi) is 4.99. The number of hydrogen-bond acceptors (Lipinski definition) is 1. The average Bonchev–Trinajstić information content (AvgIpc) is 2.92. The van der Waals surface area contributed by atoms with Gasteiger partial charge in [-0.3, -0.25) is 0 Å². The predicted molar refractivity (Wildman–Crippen MR) is 79.4 cm³/mol. The molecule has 0 bridgehead atoms. The zero-order valence-corrected chi connectivity index (χ0v) is 13.1. The van der Waals surface area contributed by atoms with E-state index in [4.69, 9.17) is 0 Å². The van der Waals surface area contributed by atoms with E-state index in [-0.39, 0.29) is 5.33 Å². The van der Waals surface area contributed by atoms with Crippen molar-refractivity contribution < 1.29 is 13.2 Å². The molecular weight excluding hydrogens is 331 g/mol. The van der Waals surface area contributed by atoms with Crippen LogP contribution in [0.3, 0.4) is 0 Å². The van der Waals surface area contributed by atoms with Gasteiger partial charge in [0.1, 0.15) is 0 Å². The Morgan fingerprint density at radius 3 is 2.40 bits per heavy atom. The van der Waals surface area contributed by atoms with Crippen molar-refractivity contribution in [3.8, 4) is 0 Å². The lowest BCUT2D eigenvalue weighted by Crippen LogP contribution is -2.33. The van der Waals surface area contributed by atoms with E-state index < -0.39 is 11.7 Å². The van der Waals surface area contributed by atoms with Crippen LogP contribution in [0.25, 0.3) is 0 Å². The van der Waals surface area contributed by atoms with E-state index in [1.807, 2.05) is 13.0 Å². The van der Waals surface area contributed by atoms with E-state index in [9.17, 15) is 13.2 Å². The van der Waals surface area contributed by atoms with Crippen molar-refractivity contribution >= 4 is 21.6 Å². The summed E-state index contributed by atoms with van der Waals surface area (Å²) in [5.74, 6) is 0. The molecular formula is C15H19BrF3N. The summed E-state index contributed by atoms with van der Waals surface area (Å²) in [4.78, 5) is 2.11. The third-order valence-electron chi connectivity index (χ3n) is 3.98. The first-order chi connectivity index (χ1) is 9.47. The standard InChI is InChI=1S/C15H19BrF3N/c1-2-20(12-5-3-4-6-12)13-8-7-11(10-16)14(9-13)15(17,18)19/h7-9,12H,2-6,10H2,1H3. The Morgan fingerprint density at radius 2 is 1.90 bits per heavy atom. The molecule has 1 saturated carbocycles. The number of anilines is 1. The largest absolute Gasteiger partial charge is 0.416 e. The molecule has 112 valence electrons. The second kappa shape index (κ2) is 6.37. The van der Waals surface area contributed by atoms with Gasteiger partial charge in [-0.1, -0.05) is 34.8 Å². The van der Waals surface area contributed by atoms with E-state index in [2.05, 4.69) is 20.8 Å². The van der Waals surface area contributed by atoms with Crippen LogP contribution in [0, 0.1) is 0 Å². The van der Waals surface area contributed by atoms with Gasteiger partial charge in [0.15, 0.2) is 0 Å². The van der Waals surface area contributed by atoms with Crippen LogP contribution in [0.15, 0.2) is 18.2 Å². The van der Waals surface area contributed by atoms with Gasteiger partial charge in [0.2, 0.25) is 0 Å². The molecule has 0 spiro atoms. The minimum absolute atomic E-state index is 0.220. The summed E-state index contributed by atoms with van der Waals surface area (Å²) in [5, 5.41) is 0.220. The monoisotopic (exact) mass is 349 g/mol. The molecule has 1 aliphatic carbocycles. The van der Waals surface area contributed by atoms with Gasteiger partial charge in [0.05, 0.1) is 5.56 Å². The first-order valence-corrected chi connectivity index (χ1v) is 8.12. The Bertz CT molecular complexity index is 453. The normalized spacial score (nSPS) is 16.6. The Hall–Kier alpha value is -0.710. The first kappa shape index (κ1) is 15.7. The van der Waals surface area contributed by atoms with Crippen molar-refractivity contribution in [1.29, 1.82) is 0 Å². The molecule has 0 unspecified atom stereocenters. The quantitative estimate of drug-likeness (QED) is 0.660. The summed E-state index contributed by atoms with van der Waals surface area (Å²) in [5.41, 5.74) is 0.462. The SMILES string of the molecule is CCN(c1ccc(CBr)c(C(F)(F)F)c1)C1CCCC1. The fourth-order valence-corrected chi connectivity index (χ4v) is 3.48. The Labute approximate surface area is 126 Å². The molecule has 0 aromatic heterocycles. The van der Waals surface area contributed by atoms with Gasteiger partial charge in [0, 0.05) is 23.6 Å². The number of hydrogen-bond donors (Lipinski definition) is 0. The predicted octanol–water partition coefficient (Wildman–Crippen LogP) is 5.37. The number of alkyl halides is 4. The van der Waals surface area contributed by atoms with Crippen LogP contribution >= 0.6 is 15.9 Å². The molecule has 1 nitrogen and oxygen atoms in total. The van der Waals surface area contributed by atoms with Crippen molar-refractivity contribution in [2.24, 2.45) is 0 Å². The number of benzene rings is 1. The van der Waals surface area contributed by atoms with Gasteiger partial charge in [0.25, 0.3) is 0 Å². The molecule has 5 heteroatoms. The van der Waals surface area contributed by atoms with Crippen molar-refractivity contribution in [3.05, 3.63) is 29.3 Å². The average molecular weight is 350 g/mol. The van der Waals surface area contributed by atoms with Crippen LogP contribution in [0.2, 0.25) is 0 Å². The minimum atomic E-state index is -4.30. The smallest absolute Gasteiger partial charge is 0.369 e. The van der Waals surface area contributed by atoms with Crippen LogP contribution in [-0.2, 0) is 11.5 Å². The van der Waals surface area contributed by atoms with Crippen LogP contribution in [0.5, 0.6) is 0 Å². The fourth-order valence-electron chi connectivity index (χ4n) is 2.99. The zero-order valence-electron chi connectivity index (χ0n) is 11.5. The maximum Gasteiger partial charge on any atom is 0.416 e. The highest BCUT2D eigenvalue weighted by atomic mass is 79.9. The molecule has 0 heterocycles. The maximum absolute atomic E-state index is 13.1. The summed E-state index contributed by atoms with van der Waals surface area (Å²) >= 11 is 3.13. The summed E-state index contributed by atoms with van der Waals surface area (Å²) in [6, 6.07) is 5.09. The van der Waals surface area contributed by atoms with E-state index >= 15 is 0 Å². The van der Waals surface area contributed by atoms with Crippen LogP contribution in [-0.4, -0.2) is 12.6 Å². The molecule has 1 fully saturated rings. The van der Waals surface area contributed by atoms with E-state index in [1.54, 1.807) is 6.07 Å². The van der Waals surface area contributed by atoms with Crippen molar-refractivity contribution in [2.75, 3.05) is 11.4 Å². The summed E-state index contributed by atoms with van der Waals surface area (Å²) in [6.45, 7) is 2.75. The molecule has 0 amide bonds. The number of rotatable bonds is 4. The molecule has 0 radical (unpaired) electrons. The number of halogens is 4. The highest BCUT2D eigenvalue weighted by Crippen LogP contribution is 2.37. The van der Waals surface area contributed by atoms with Crippen molar-refractivity contribution in [3.63, 3.8) is 0 Å². The molecule has 0 atom stereocenters. The van der Waals surface area contributed by atoms with Gasteiger partial charge >= 0.3 is 6.18 Å². The fraction of sp³-hybridized carbons (Fsp3) is 0.600. The first-order valence-electron chi connectivity index (χ1n) is 7.00. The van der Waals surface area contributed by atoms with Gasteiger partial charge in [-0.05, 0) is 37.5 Å². The lowest BCUT2D eigenvalue weighted by molar-refractivity contribution is -0.138. The topological polar surface area (TPSA) is 3.24 Å². The van der Waals surface area contributed by atoms with Crippen LogP contribution in [0.1, 0.15) is 43.7 Å². The third-order valence-corrected chi connectivity index (χ3v) is 4.58. The third kappa shape index (κ3) is 3.30. The highest BCUT2D eigenvalue weighted by molar-refractivity contribution is 9.08. The van der Waals surface area contributed by atoms with E-state index in [0.29, 0.717) is 17.3 Å². The summed E-state index contributed by atoms with van der Waals surface area (Å²) < 4.78 is 39.4. The maximum atomic E-state index is 13.1. The second-order valence-corrected chi connectivity index (χ2v) is 5.76. The molecule has 0 N–H and O–H groups in total. The molecule has 1 aromatic carbocycles. The van der Waals surface area contributed by atoms with Gasteiger partial charge in [-0.15, -0.1) is 0 Å².